The van der Waals surface area contributed by atoms with E-state index in [9.17, 15) is 0 Å². The first kappa shape index (κ1) is 14.9. The van der Waals surface area contributed by atoms with Crippen molar-refractivity contribution in [2.45, 2.75) is 13.2 Å². The Hall–Kier alpha value is -1.52. The van der Waals surface area contributed by atoms with E-state index in [1.54, 1.807) is 7.11 Å². The van der Waals surface area contributed by atoms with E-state index in [0.717, 1.165) is 33.6 Å². The molecule has 0 spiro atoms. The van der Waals surface area contributed by atoms with Crippen LogP contribution < -0.4 is 14.8 Å². The Morgan fingerprint density at radius 3 is 2.60 bits per heavy atom. The zero-order valence-electron chi connectivity index (χ0n) is 11.7. The molecule has 0 saturated heterocycles. The molecule has 0 radical (unpaired) electrons. The molecule has 4 heteroatoms. The van der Waals surface area contributed by atoms with Crippen LogP contribution in [0, 0.1) is 0 Å². The molecule has 0 amide bonds. The third-order valence-electron chi connectivity index (χ3n) is 2.97. The Kier molecular flexibility index (Phi) is 5.44. The Balaban J connectivity index is 2.14. The van der Waals surface area contributed by atoms with E-state index in [2.05, 4.69) is 27.3 Å². The Bertz CT molecular complexity index is 572. The summed E-state index contributed by atoms with van der Waals surface area (Å²) in [6, 6.07) is 13.9. The van der Waals surface area contributed by atoms with Crippen molar-refractivity contribution in [2.75, 3.05) is 14.2 Å². The van der Waals surface area contributed by atoms with Gasteiger partial charge in [0.05, 0.1) is 7.11 Å². The molecule has 0 heterocycles. The Morgan fingerprint density at radius 1 is 1.05 bits per heavy atom. The monoisotopic (exact) mass is 335 g/mol. The minimum atomic E-state index is 0.488. The molecule has 0 aliphatic rings. The fraction of sp³-hybridized carbons (Fsp3) is 0.250. The van der Waals surface area contributed by atoms with Crippen molar-refractivity contribution >= 4 is 15.9 Å². The molecule has 2 aromatic rings. The molecular weight excluding hydrogens is 318 g/mol. The van der Waals surface area contributed by atoms with Gasteiger partial charge in [-0.2, -0.15) is 0 Å². The van der Waals surface area contributed by atoms with Gasteiger partial charge in [0.2, 0.25) is 0 Å². The summed E-state index contributed by atoms with van der Waals surface area (Å²) in [4.78, 5) is 0. The number of rotatable bonds is 6. The standard InChI is InChI=1S/C16H18BrNO2/c1-18-10-13-9-14(17)7-8-16(13)20-11-12-5-3-4-6-15(12)19-2/h3-9,18H,10-11H2,1-2H3. The number of methoxy groups -OCH3 is 1. The van der Waals surface area contributed by atoms with Gasteiger partial charge in [-0.3, -0.25) is 0 Å². The van der Waals surface area contributed by atoms with Crippen LogP contribution in [0.2, 0.25) is 0 Å². The van der Waals surface area contributed by atoms with Crippen molar-refractivity contribution in [3.8, 4) is 11.5 Å². The summed E-state index contributed by atoms with van der Waals surface area (Å²) < 4.78 is 12.3. The van der Waals surface area contributed by atoms with Crippen LogP contribution in [-0.2, 0) is 13.2 Å². The lowest BCUT2D eigenvalue weighted by molar-refractivity contribution is 0.293. The number of nitrogens with one attached hydrogen (secondary N) is 1. The maximum atomic E-state index is 5.93. The highest BCUT2D eigenvalue weighted by molar-refractivity contribution is 9.10. The van der Waals surface area contributed by atoms with Crippen LogP contribution in [0.25, 0.3) is 0 Å². The van der Waals surface area contributed by atoms with E-state index < -0.39 is 0 Å². The summed E-state index contributed by atoms with van der Waals surface area (Å²) in [5.41, 5.74) is 2.16. The van der Waals surface area contributed by atoms with Gasteiger partial charge in [-0.25, -0.2) is 0 Å². The molecule has 0 aromatic heterocycles. The van der Waals surface area contributed by atoms with Gasteiger partial charge in [0.25, 0.3) is 0 Å². The molecule has 0 atom stereocenters. The van der Waals surface area contributed by atoms with Gasteiger partial charge < -0.3 is 14.8 Å². The maximum absolute atomic E-state index is 5.93. The van der Waals surface area contributed by atoms with Crippen molar-refractivity contribution in [1.82, 2.24) is 5.32 Å². The van der Waals surface area contributed by atoms with Crippen LogP contribution in [0.4, 0.5) is 0 Å². The zero-order chi connectivity index (χ0) is 14.4. The molecule has 3 nitrogen and oxygen atoms in total. The molecule has 1 N–H and O–H groups in total. The first-order valence-electron chi connectivity index (χ1n) is 6.42. The number of halogens is 1. The number of benzene rings is 2. The summed E-state index contributed by atoms with van der Waals surface area (Å²) in [6.07, 6.45) is 0. The van der Waals surface area contributed by atoms with Crippen LogP contribution in [0.1, 0.15) is 11.1 Å². The predicted molar refractivity (Wildman–Crippen MR) is 84.2 cm³/mol. The predicted octanol–water partition coefficient (Wildman–Crippen LogP) is 3.76. The second kappa shape index (κ2) is 7.31. The Labute approximate surface area is 128 Å². The van der Waals surface area contributed by atoms with E-state index >= 15 is 0 Å². The van der Waals surface area contributed by atoms with E-state index in [1.807, 2.05) is 43.4 Å². The SMILES string of the molecule is CNCc1cc(Br)ccc1OCc1ccccc1OC. The van der Waals surface area contributed by atoms with Crippen LogP contribution in [0.5, 0.6) is 11.5 Å². The van der Waals surface area contributed by atoms with E-state index in [0.29, 0.717) is 6.61 Å². The fourth-order valence-corrected chi connectivity index (χ4v) is 2.40. The number of hydrogen-bond acceptors (Lipinski definition) is 3. The van der Waals surface area contributed by atoms with Crippen LogP contribution in [-0.4, -0.2) is 14.2 Å². The molecule has 0 fully saturated rings. The summed E-state index contributed by atoms with van der Waals surface area (Å²) in [5, 5.41) is 3.15. The molecular formula is C16H18BrNO2. The van der Waals surface area contributed by atoms with Crippen molar-refractivity contribution in [3.63, 3.8) is 0 Å². The lowest BCUT2D eigenvalue weighted by atomic mass is 10.2. The highest BCUT2D eigenvalue weighted by atomic mass is 79.9. The molecule has 0 aliphatic carbocycles. The average molecular weight is 336 g/mol. The summed E-state index contributed by atoms with van der Waals surface area (Å²) in [5.74, 6) is 1.73. The largest absolute Gasteiger partial charge is 0.496 e. The van der Waals surface area contributed by atoms with E-state index in [1.165, 1.54) is 0 Å². The quantitative estimate of drug-likeness (QED) is 0.871. The van der Waals surface area contributed by atoms with Crippen LogP contribution in [0.3, 0.4) is 0 Å². The molecule has 2 rings (SSSR count). The Morgan fingerprint density at radius 2 is 1.85 bits per heavy atom. The minimum Gasteiger partial charge on any atom is -0.496 e. The highest BCUT2D eigenvalue weighted by Crippen LogP contribution is 2.25. The summed E-state index contributed by atoms with van der Waals surface area (Å²) >= 11 is 3.48. The molecule has 0 unspecified atom stereocenters. The van der Waals surface area contributed by atoms with Gasteiger partial charge in [-0.15, -0.1) is 0 Å². The van der Waals surface area contributed by atoms with Crippen LogP contribution in [0.15, 0.2) is 46.9 Å². The van der Waals surface area contributed by atoms with Gasteiger partial charge in [-0.1, -0.05) is 34.1 Å². The van der Waals surface area contributed by atoms with E-state index in [-0.39, 0.29) is 0 Å². The molecule has 0 saturated carbocycles. The van der Waals surface area contributed by atoms with E-state index in [4.69, 9.17) is 9.47 Å². The van der Waals surface area contributed by atoms with Crippen molar-refractivity contribution < 1.29 is 9.47 Å². The average Bonchev–Trinajstić information content (AvgIpc) is 2.47. The van der Waals surface area contributed by atoms with Crippen molar-refractivity contribution in [3.05, 3.63) is 58.1 Å². The normalized spacial score (nSPS) is 10.3. The molecule has 106 valence electrons. The van der Waals surface area contributed by atoms with Crippen molar-refractivity contribution in [1.29, 1.82) is 0 Å². The minimum absolute atomic E-state index is 0.488. The third kappa shape index (κ3) is 3.74. The highest BCUT2D eigenvalue weighted by Gasteiger charge is 2.07. The molecule has 0 bridgehead atoms. The lowest BCUT2D eigenvalue weighted by Crippen LogP contribution is -2.08. The second-order valence-corrected chi connectivity index (χ2v) is 5.30. The smallest absolute Gasteiger partial charge is 0.125 e. The van der Waals surface area contributed by atoms with Crippen molar-refractivity contribution in [2.24, 2.45) is 0 Å². The fourth-order valence-electron chi connectivity index (χ4n) is 2.00. The first-order chi connectivity index (χ1) is 9.74. The van der Waals surface area contributed by atoms with Crippen LogP contribution >= 0.6 is 15.9 Å². The molecule has 0 aliphatic heterocycles. The summed E-state index contributed by atoms with van der Waals surface area (Å²) in [7, 11) is 3.59. The molecule has 20 heavy (non-hydrogen) atoms. The third-order valence-corrected chi connectivity index (χ3v) is 3.46. The lowest BCUT2D eigenvalue weighted by Gasteiger charge is -2.13. The molecule has 2 aromatic carbocycles. The number of ether oxygens (including phenoxy) is 2. The summed E-state index contributed by atoms with van der Waals surface area (Å²) in [6.45, 7) is 1.25. The number of para-hydroxylation sites is 1. The van der Waals surface area contributed by atoms with Gasteiger partial charge in [-0.05, 0) is 31.3 Å². The topological polar surface area (TPSA) is 30.5 Å². The van der Waals surface area contributed by atoms with Gasteiger partial charge in [0.1, 0.15) is 18.1 Å². The second-order valence-electron chi connectivity index (χ2n) is 4.38. The van der Waals surface area contributed by atoms with Gasteiger partial charge in [0, 0.05) is 22.1 Å². The number of hydrogen-bond donors (Lipinski definition) is 1. The zero-order valence-corrected chi connectivity index (χ0v) is 13.2. The maximum Gasteiger partial charge on any atom is 0.125 e. The van der Waals surface area contributed by atoms with Gasteiger partial charge in [0.15, 0.2) is 0 Å². The first-order valence-corrected chi connectivity index (χ1v) is 7.21. The van der Waals surface area contributed by atoms with Gasteiger partial charge >= 0.3 is 0 Å².